The molecule has 2 aromatic rings. The number of carbonyl (C=O) groups is 1. The van der Waals surface area contributed by atoms with E-state index in [9.17, 15) is 9.90 Å². The van der Waals surface area contributed by atoms with Gasteiger partial charge in [-0.15, -0.1) is 0 Å². The third-order valence-corrected chi connectivity index (χ3v) is 1.84. The van der Waals surface area contributed by atoms with Gasteiger partial charge in [0.25, 0.3) is 0 Å². The number of carbonyl (C=O) groups excluding carboxylic acids is 1. The number of aromatic hydroxyl groups is 1. The summed E-state index contributed by atoms with van der Waals surface area (Å²) in [7, 11) is 0. The quantitative estimate of drug-likeness (QED) is 0.608. The minimum atomic E-state index is 0. The molecule has 0 aliphatic heterocycles. The third kappa shape index (κ3) is 1.80. The summed E-state index contributed by atoms with van der Waals surface area (Å²) in [6.07, 6.45) is 0.659. The molecule has 14 heavy (non-hydrogen) atoms. The van der Waals surface area contributed by atoms with Crippen molar-refractivity contribution >= 4 is 17.2 Å². The predicted octanol–water partition coefficient (Wildman–Crippen LogP) is 1.75. The fourth-order valence-electron chi connectivity index (χ4n) is 1.21. The van der Waals surface area contributed by atoms with Crippen molar-refractivity contribution in [2.24, 2.45) is 0 Å². The topological polar surface area (TPSA) is 50.2 Å². The molecule has 1 N–H and O–H groups in total. The van der Waals surface area contributed by atoms with Crippen LogP contribution < -0.4 is 0 Å². The van der Waals surface area contributed by atoms with Crippen LogP contribution in [0.2, 0.25) is 0 Å². The van der Waals surface area contributed by atoms with Gasteiger partial charge in [0.15, 0.2) is 6.29 Å². The van der Waals surface area contributed by atoms with Crippen molar-refractivity contribution < 1.29 is 29.4 Å². The zero-order valence-electron chi connectivity index (χ0n) is 7.47. The number of phenolic OH excluding ortho intramolecular Hbond substituents is 1. The van der Waals surface area contributed by atoms with Crippen LogP contribution >= 0.6 is 0 Å². The van der Waals surface area contributed by atoms with Crippen LogP contribution in [0.15, 0.2) is 30.3 Å². The van der Waals surface area contributed by atoms with Gasteiger partial charge in [0.05, 0.1) is 0 Å². The number of aldehydes is 1. The van der Waals surface area contributed by atoms with Crippen LogP contribution in [0.25, 0.3) is 10.9 Å². The standard InChI is InChI=1S/C10H7NO2.Zn/c12-6-8-5-4-7-2-1-3-9(13)10(7)11-8;/h1-6,13H;. The maximum absolute atomic E-state index is 10.4. The Labute approximate surface area is 93.5 Å². The van der Waals surface area contributed by atoms with Crippen molar-refractivity contribution in [3.63, 3.8) is 0 Å². The van der Waals surface area contributed by atoms with Crippen molar-refractivity contribution in [3.8, 4) is 5.75 Å². The van der Waals surface area contributed by atoms with Gasteiger partial charge in [0.1, 0.15) is 17.0 Å². The van der Waals surface area contributed by atoms with Crippen molar-refractivity contribution in [3.05, 3.63) is 36.0 Å². The number of hydrogen-bond acceptors (Lipinski definition) is 3. The normalized spacial score (nSPS) is 9.43. The minimum absolute atomic E-state index is 0. The molecule has 0 radical (unpaired) electrons. The minimum Gasteiger partial charge on any atom is -0.506 e. The van der Waals surface area contributed by atoms with Gasteiger partial charge in [-0.3, -0.25) is 4.79 Å². The molecule has 0 unspecified atom stereocenters. The molecule has 3 nitrogen and oxygen atoms in total. The number of benzene rings is 1. The van der Waals surface area contributed by atoms with E-state index in [-0.39, 0.29) is 25.2 Å². The van der Waals surface area contributed by atoms with E-state index < -0.39 is 0 Å². The molecule has 2 rings (SSSR count). The van der Waals surface area contributed by atoms with Gasteiger partial charge >= 0.3 is 0 Å². The maximum atomic E-state index is 10.4. The van der Waals surface area contributed by atoms with Gasteiger partial charge in [-0.05, 0) is 12.1 Å². The summed E-state index contributed by atoms with van der Waals surface area (Å²) >= 11 is 0. The van der Waals surface area contributed by atoms with Crippen LogP contribution in [0.3, 0.4) is 0 Å². The largest absolute Gasteiger partial charge is 0.506 e. The van der Waals surface area contributed by atoms with E-state index in [0.29, 0.717) is 17.5 Å². The molecule has 0 fully saturated rings. The molecule has 0 saturated heterocycles. The second kappa shape index (κ2) is 4.29. The van der Waals surface area contributed by atoms with Crippen LogP contribution in [0, 0.1) is 0 Å². The average Bonchev–Trinajstić information content (AvgIpc) is 2.18. The van der Waals surface area contributed by atoms with Gasteiger partial charge in [0, 0.05) is 24.9 Å². The smallest absolute Gasteiger partial charge is 0.168 e. The summed E-state index contributed by atoms with van der Waals surface area (Å²) in [5, 5.41) is 10.2. The Hall–Kier alpha value is -1.28. The first-order valence-electron chi connectivity index (χ1n) is 3.85. The number of phenols is 1. The molecule has 0 saturated carbocycles. The first-order chi connectivity index (χ1) is 6.31. The predicted molar refractivity (Wildman–Crippen MR) is 48.8 cm³/mol. The summed E-state index contributed by atoms with van der Waals surface area (Å²) in [6, 6.07) is 8.49. The zero-order valence-corrected chi connectivity index (χ0v) is 10.4. The van der Waals surface area contributed by atoms with Gasteiger partial charge in [-0.25, -0.2) is 4.98 Å². The second-order valence-electron chi connectivity index (χ2n) is 2.70. The fraction of sp³-hybridized carbons (Fsp3) is 0. The van der Waals surface area contributed by atoms with Gasteiger partial charge in [0.2, 0.25) is 0 Å². The van der Waals surface area contributed by atoms with E-state index in [4.69, 9.17) is 0 Å². The fourth-order valence-corrected chi connectivity index (χ4v) is 1.21. The Balaban J connectivity index is 0.000000980. The maximum Gasteiger partial charge on any atom is 0.168 e. The van der Waals surface area contributed by atoms with Crippen LogP contribution in [-0.2, 0) is 19.5 Å². The molecule has 0 amide bonds. The number of aromatic nitrogens is 1. The van der Waals surface area contributed by atoms with E-state index in [2.05, 4.69) is 4.98 Å². The molecule has 0 atom stereocenters. The number of pyridine rings is 1. The van der Waals surface area contributed by atoms with Crippen LogP contribution in [0.5, 0.6) is 5.75 Å². The Morgan fingerprint density at radius 3 is 2.71 bits per heavy atom. The summed E-state index contributed by atoms with van der Waals surface area (Å²) in [5.74, 6) is 0.0983. The van der Waals surface area contributed by atoms with Crippen LogP contribution in [0.1, 0.15) is 10.5 Å². The van der Waals surface area contributed by atoms with E-state index in [1.807, 2.05) is 6.07 Å². The molecular weight excluding hydrogens is 232 g/mol. The van der Waals surface area contributed by atoms with Crippen molar-refractivity contribution in [1.29, 1.82) is 0 Å². The molecule has 0 bridgehead atoms. The van der Waals surface area contributed by atoms with E-state index in [1.54, 1.807) is 24.3 Å². The molecule has 1 aromatic carbocycles. The van der Waals surface area contributed by atoms with Gasteiger partial charge in [-0.2, -0.15) is 0 Å². The Kier molecular flexibility index (Phi) is 3.31. The summed E-state index contributed by atoms with van der Waals surface area (Å²) in [5.41, 5.74) is 0.793. The Morgan fingerprint density at radius 1 is 1.21 bits per heavy atom. The van der Waals surface area contributed by atoms with Gasteiger partial charge < -0.3 is 5.11 Å². The SMILES string of the molecule is O=Cc1ccc2cccc(O)c2n1.[Zn]. The molecule has 0 aliphatic carbocycles. The summed E-state index contributed by atoms with van der Waals surface area (Å²) in [4.78, 5) is 14.4. The van der Waals surface area contributed by atoms with Crippen molar-refractivity contribution in [2.75, 3.05) is 0 Å². The first kappa shape index (κ1) is 10.8. The van der Waals surface area contributed by atoms with Crippen LogP contribution in [0.4, 0.5) is 0 Å². The third-order valence-electron chi connectivity index (χ3n) is 1.84. The number of para-hydroxylation sites is 1. The summed E-state index contributed by atoms with van der Waals surface area (Å²) < 4.78 is 0. The second-order valence-corrected chi connectivity index (χ2v) is 2.70. The molecular formula is C10H7NO2Zn. The number of fused-ring (bicyclic) bond motifs is 1. The van der Waals surface area contributed by atoms with E-state index >= 15 is 0 Å². The van der Waals surface area contributed by atoms with Crippen molar-refractivity contribution in [2.45, 2.75) is 0 Å². The number of rotatable bonds is 1. The average molecular weight is 239 g/mol. The molecule has 0 aliphatic rings. The van der Waals surface area contributed by atoms with Crippen LogP contribution in [-0.4, -0.2) is 16.4 Å². The number of hydrogen-bond donors (Lipinski definition) is 1. The Morgan fingerprint density at radius 2 is 2.00 bits per heavy atom. The zero-order chi connectivity index (χ0) is 9.26. The van der Waals surface area contributed by atoms with E-state index in [0.717, 1.165) is 5.39 Å². The van der Waals surface area contributed by atoms with E-state index in [1.165, 1.54) is 0 Å². The summed E-state index contributed by atoms with van der Waals surface area (Å²) in [6.45, 7) is 0. The molecule has 0 spiro atoms. The van der Waals surface area contributed by atoms with Gasteiger partial charge in [-0.1, -0.05) is 18.2 Å². The monoisotopic (exact) mass is 237 g/mol. The molecule has 1 heterocycles. The number of nitrogens with zero attached hydrogens (tertiary/aromatic N) is 1. The Bertz CT molecular complexity index is 471. The molecule has 66 valence electrons. The first-order valence-corrected chi connectivity index (χ1v) is 3.85. The molecule has 4 heteroatoms. The van der Waals surface area contributed by atoms with Crippen molar-refractivity contribution in [1.82, 2.24) is 4.98 Å². The molecule has 1 aromatic heterocycles.